The van der Waals surface area contributed by atoms with E-state index in [1.807, 2.05) is 32.9 Å². The lowest BCUT2D eigenvalue weighted by atomic mass is 10.0. The Bertz CT molecular complexity index is 237. The molecule has 0 aliphatic carbocycles. The molecule has 0 unspecified atom stereocenters. The average molecular weight is 206 g/mol. The van der Waals surface area contributed by atoms with Gasteiger partial charge in [-0.15, -0.1) is 0 Å². The third kappa shape index (κ3) is 9.27. The Morgan fingerprint density at radius 1 is 1.20 bits per heavy atom. The van der Waals surface area contributed by atoms with Crippen molar-refractivity contribution in [3.05, 3.63) is 48.1 Å². The zero-order chi connectivity index (χ0) is 12.3. The van der Waals surface area contributed by atoms with Crippen molar-refractivity contribution in [2.45, 2.75) is 41.5 Å². The molecule has 0 saturated carbocycles. The van der Waals surface area contributed by atoms with Crippen molar-refractivity contribution in [3.8, 4) is 0 Å². The summed E-state index contributed by atoms with van der Waals surface area (Å²) in [6.07, 6.45) is 10.3. The molecule has 0 nitrogen and oxygen atoms in total. The maximum absolute atomic E-state index is 3.68. The first-order valence-electron chi connectivity index (χ1n) is 5.75. The van der Waals surface area contributed by atoms with Crippen LogP contribution in [0.2, 0.25) is 0 Å². The van der Waals surface area contributed by atoms with Crippen LogP contribution in [0.5, 0.6) is 0 Å². The molecule has 0 aliphatic rings. The van der Waals surface area contributed by atoms with E-state index in [1.165, 1.54) is 11.1 Å². The van der Waals surface area contributed by atoms with E-state index >= 15 is 0 Å². The fraction of sp³-hybridized carbons (Fsp3) is 0.467. The molecule has 0 heterocycles. The Labute approximate surface area is 96.1 Å². The molecule has 0 aromatic rings. The van der Waals surface area contributed by atoms with E-state index in [2.05, 4.69) is 45.6 Å². The standard InChI is InChI=1S/C13H20.C2H6/c1-6-8-12(5)10-13(9-7-2)11(3)4;1-2/h6-11H,1H2,2-5H3;1-2H3/b9-7-,12-8+,13-10+;. The van der Waals surface area contributed by atoms with Gasteiger partial charge >= 0.3 is 0 Å². The summed E-state index contributed by atoms with van der Waals surface area (Å²) in [5.41, 5.74) is 2.61. The van der Waals surface area contributed by atoms with E-state index in [4.69, 9.17) is 0 Å². The molecule has 0 N–H and O–H groups in total. The molecule has 0 saturated heterocycles. The van der Waals surface area contributed by atoms with Crippen molar-refractivity contribution < 1.29 is 0 Å². The van der Waals surface area contributed by atoms with E-state index in [9.17, 15) is 0 Å². The van der Waals surface area contributed by atoms with Crippen molar-refractivity contribution >= 4 is 0 Å². The molecule has 0 fully saturated rings. The fourth-order valence-corrected chi connectivity index (χ4v) is 1.10. The molecular formula is C15H26. The van der Waals surface area contributed by atoms with Gasteiger partial charge in [0.15, 0.2) is 0 Å². The van der Waals surface area contributed by atoms with Gasteiger partial charge in [0.2, 0.25) is 0 Å². The summed E-state index contributed by atoms with van der Waals surface area (Å²) in [6, 6.07) is 0. The van der Waals surface area contributed by atoms with Crippen molar-refractivity contribution in [1.29, 1.82) is 0 Å². The molecular weight excluding hydrogens is 180 g/mol. The fourth-order valence-electron chi connectivity index (χ4n) is 1.10. The van der Waals surface area contributed by atoms with E-state index in [-0.39, 0.29) is 0 Å². The lowest BCUT2D eigenvalue weighted by molar-refractivity contribution is 0.790. The second-order valence-electron chi connectivity index (χ2n) is 3.45. The molecule has 0 bridgehead atoms. The van der Waals surface area contributed by atoms with Gasteiger partial charge in [0.1, 0.15) is 0 Å². The van der Waals surface area contributed by atoms with E-state index in [0.29, 0.717) is 5.92 Å². The van der Waals surface area contributed by atoms with Crippen LogP contribution in [0, 0.1) is 5.92 Å². The Kier molecular flexibility index (Phi) is 12.1. The first kappa shape index (κ1) is 16.4. The third-order valence-electron chi connectivity index (χ3n) is 1.80. The Balaban J connectivity index is 0. The van der Waals surface area contributed by atoms with Gasteiger partial charge in [-0.3, -0.25) is 0 Å². The van der Waals surface area contributed by atoms with E-state index in [1.54, 1.807) is 0 Å². The Morgan fingerprint density at radius 2 is 1.73 bits per heavy atom. The summed E-state index contributed by atoms with van der Waals surface area (Å²) < 4.78 is 0. The van der Waals surface area contributed by atoms with Gasteiger partial charge in [-0.1, -0.05) is 70.2 Å². The molecule has 0 radical (unpaired) electrons. The van der Waals surface area contributed by atoms with Crippen molar-refractivity contribution in [1.82, 2.24) is 0 Å². The number of hydrogen-bond acceptors (Lipinski definition) is 0. The lowest BCUT2D eigenvalue weighted by Crippen LogP contribution is -1.90. The van der Waals surface area contributed by atoms with E-state index in [0.717, 1.165) is 0 Å². The zero-order valence-electron chi connectivity index (χ0n) is 11.2. The van der Waals surface area contributed by atoms with Crippen molar-refractivity contribution in [3.63, 3.8) is 0 Å². The topological polar surface area (TPSA) is 0 Å². The number of allylic oxidation sites excluding steroid dienone is 7. The van der Waals surface area contributed by atoms with Crippen LogP contribution in [-0.4, -0.2) is 0 Å². The molecule has 0 spiro atoms. The van der Waals surface area contributed by atoms with Crippen molar-refractivity contribution in [2.75, 3.05) is 0 Å². The highest BCUT2D eigenvalue weighted by Gasteiger charge is 1.97. The van der Waals surface area contributed by atoms with Gasteiger partial charge in [-0.25, -0.2) is 0 Å². The van der Waals surface area contributed by atoms with Gasteiger partial charge in [0.25, 0.3) is 0 Å². The monoisotopic (exact) mass is 206 g/mol. The molecule has 0 aromatic heterocycles. The Hall–Kier alpha value is -1.04. The van der Waals surface area contributed by atoms with Crippen LogP contribution >= 0.6 is 0 Å². The minimum Gasteiger partial charge on any atom is -0.0991 e. The number of hydrogen-bond donors (Lipinski definition) is 0. The van der Waals surface area contributed by atoms with E-state index < -0.39 is 0 Å². The smallest absolute Gasteiger partial charge is 0.0219 e. The first-order chi connectivity index (χ1) is 7.11. The second-order valence-corrected chi connectivity index (χ2v) is 3.45. The summed E-state index contributed by atoms with van der Waals surface area (Å²) in [7, 11) is 0. The van der Waals surface area contributed by atoms with Crippen LogP contribution in [0.4, 0.5) is 0 Å². The second kappa shape index (κ2) is 11.0. The van der Waals surface area contributed by atoms with Crippen LogP contribution in [0.3, 0.4) is 0 Å². The summed E-state index contributed by atoms with van der Waals surface area (Å²) in [5, 5.41) is 0. The molecule has 0 amide bonds. The summed E-state index contributed by atoms with van der Waals surface area (Å²) in [6.45, 7) is 16.2. The van der Waals surface area contributed by atoms with Gasteiger partial charge < -0.3 is 0 Å². The normalized spacial score (nSPS) is 12.7. The largest absolute Gasteiger partial charge is 0.0991 e. The maximum Gasteiger partial charge on any atom is -0.0219 e. The molecule has 86 valence electrons. The quantitative estimate of drug-likeness (QED) is 0.547. The predicted molar refractivity (Wildman–Crippen MR) is 73.0 cm³/mol. The SMILES string of the molecule is C=C/C=C(C)/C=C(\C=C/C)C(C)C.CC. The Morgan fingerprint density at radius 3 is 2.07 bits per heavy atom. The summed E-state index contributed by atoms with van der Waals surface area (Å²) in [5.74, 6) is 0.573. The highest BCUT2D eigenvalue weighted by Crippen LogP contribution is 2.13. The predicted octanol–water partition coefficient (Wildman–Crippen LogP) is 5.30. The van der Waals surface area contributed by atoms with Crippen LogP contribution in [-0.2, 0) is 0 Å². The molecule has 0 rings (SSSR count). The van der Waals surface area contributed by atoms with Crippen LogP contribution in [0.1, 0.15) is 41.5 Å². The summed E-state index contributed by atoms with van der Waals surface area (Å²) in [4.78, 5) is 0. The van der Waals surface area contributed by atoms with Gasteiger partial charge in [-0.05, 0) is 25.3 Å². The van der Waals surface area contributed by atoms with Gasteiger partial charge in [-0.2, -0.15) is 0 Å². The molecule has 0 atom stereocenters. The minimum absolute atomic E-state index is 0.573. The zero-order valence-corrected chi connectivity index (χ0v) is 11.2. The minimum atomic E-state index is 0.573. The maximum atomic E-state index is 3.68. The molecule has 0 aliphatic heterocycles. The van der Waals surface area contributed by atoms with Crippen molar-refractivity contribution in [2.24, 2.45) is 5.92 Å². The van der Waals surface area contributed by atoms with Crippen LogP contribution in [0.15, 0.2) is 48.1 Å². The molecule has 15 heavy (non-hydrogen) atoms. The average Bonchev–Trinajstić information content (AvgIpc) is 2.20. The highest BCUT2D eigenvalue weighted by atomic mass is 14.0. The molecule has 0 aromatic carbocycles. The highest BCUT2D eigenvalue weighted by molar-refractivity contribution is 5.31. The van der Waals surface area contributed by atoms with Gasteiger partial charge in [0, 0.05) is 0 Å². The molecule has 0 heteroatoms. The van der Waals surface area contributed by atoms with Crippen LogP contribution in [0.25, 0.3) is 0 Å². The third-order valence-corrected chi connectivity index (χ3v) is 1.80. The summed E-state index contributed by atoms with van der Waals surface area (Å²) >= 11 is 0. The van der Waals surface area contributed by atoms with Crippen LogP contribution < -0.4 is 0 Å². The first-order valence-corrected chi connectivity index (χ1v) is 5.75. The van der Waals surface area contributed by atoms with Gasteiger partial charge in [0.05, 0.1) is 0 Å². The lowest BCUT2D eigenvalue weighted by Gasteiger charge is -2.06. The number of rotatable bonds is 4.